The minimum atomic E-state index is -0.325. The number of amides is 1. The largest absolute Gasteiger partial charge is 0.368 e. The zero-order valence-corrected chi connectivity index (χ0v) is 11.8. The molecule has 1 amide bonds. The zero-order valence-electron chi connectivity index (χ0n) is 11.8. The Bertz CT molecular complexity index is 580. The van der Waals surface area contributed by atoms with Crippen LogP contribution in [0.3, 0.4) is 0 Å². The Kier molecular flexibility index (Phi) is 4.26. The fraction of sp³-hybridized carbons (Fsp3) is 0.294. The van der Waals surface area contributed by atoms with Gasteiger partial charge in [0.05, 0.1) is 12.2 Å². The van der Waals surface area contributed by atoms with Crippen LogP contribution in [0.4, 0.5) is 5.69 Å². The second kappa shape index (κ2) is 6.50. The zero-order chi connectivity index (χ0) is 14.5. The number of pyridine rings is 1. The molecule has 1 aromatic heterocycles. The number of rotatable bonds is 4. The third-order valence-corrected chi connectivity index (χ3v) is 3.59. The Morgan fingerprint density at radius 3 is 2.67 bits per heavy atom. The van der Waals surface area contributed by atoms with E-state index >= 15 is 0 Å². The summed E-state index contributed by atoms with van der Waals surface area (Å²) in [6.07, 6.45) is 3.16. The van der Waals surface area contributed by atoms with Crippen LogP contribution >= 0.6 is 0 Å². The van der Waals surface area contributed by atoms with Crippen molar-refractivity contribution < 1.29 is 9.53 Å². The van der Waals surface area contributed by atoms with Gasteiger partial charge >= 0.3 is 0 Å². The monoisotopic (exact) mass is 282 g/mol. The van der Waals surface area contributed by atoms with Gasteiger partial charge in [0.15, 0.2) is 0 Å². The van der Waals surface area contributed by atoms with Crippen LogP contribution in [-0.4, -0.2) is 23.6 Å². The molecule has 108 valence electrons. The van der Waals surface area contributed by atoms with Crippen LogP contribution in [-0.2, 0) is 16.1 Å². The molecule has 0 N–H and O–H groups in total. The normalized spacial score (nSPS) is 17.6. The summed E-state index contributed by atoms with van der Waals surface area (Å²) in [4.78, 5) is 18.8. The predicted octanol–water partition coefficient (Wildman–Crippen LogP) is 2.79. The predicted molar refractivity (Wildman–Crippen MR) is 80.8 cm³/mol. The lowest BCUT2D eigenvalue weighted by molar-refractivity contribution is -0.127. The van der Waals surface area contributed by atoms with Crippen molar-refractivity contribution in [1.82, 2.24) is 4.98 Å². The number of hydrogen-bond acceptors (Lipinski definition) is 3. The number of nitrogens with zero attached hydrogens (tertiary/aromatic N) is 2. The van der Waals surface area contributed by atoms with Crippen LogP contribution in [0.15, 0.2) is 54.7 Å². The summed E-state index contributed by atoms with van der Waals surface area (Å²) < 4.78 is 5.54. The maximum atomic E-state index is 12.7. The second-order valence-corrected chi connectivity index (χ2v) is 5.08. The van der Waals surface area contributed by atoms with E-state index in [9.17, 15) is 4.79 Å². The second-order valence-electron chi connectivity index (χ2n) is 5.08. The lowest BCUT2D eigenvalue weighted by atomic mass is 10.2. The lowest BCUT2D eigenvalue weighted by Crippen LogP contribution is -2.38. The highest BCUT2D eigenvalue weighted by Gasteiger charge is 2.29. The summed E-state index contributed by atoms with van der Waals surface area (Å²) in [7, 11) is 0. The quantitative estimate of drug-likeness (QED) is 0.866. The van der Waals surface area contributed by atoms with Crippen LogP contribution in [0.2, 0.25) is 0 Å². The van der Waals surface area contributed by atoms with Crippen molar-refractivity contribution in [2.24, 2.45) is 0 Å². The van der Waals surface area contributed by atoms with E-state index in [0.717, 1.165) is 24.2 Å². The summed E-state index contributed by atoms with van der Waals surface area (Å²) in [6.45, 7) is 1.13. The topological polar surface area (TPSA) is 42.4 Å². The van der Waals surface area contributed by atoms with Gasteiger partial charge in [0.2, 0.25) is 0 Å². The first-order valence-corrected chi connectivity index (χ1v) is 7.22. The maximum Gasteiger partial charge on any atom is 0.256 e. The van der Waals surface area contributed by atoms with Gasteiger partial charge < -0.3 is 9.64 Å². The number of carbonyl (C=O) groups is 1. The van der Waals surface area contributed by atoms with Gasteiger partial charge in [-0.2, -0.15) is 0 Å². The first-order chi connectivity index (χ1) is 10.3. The smallest absolute Gasteiger partial charge is 0.256 e. The van der Waals surface area contributed by atoms with Crippen molar-refractivity contribution >= 4 is 11.6 Å². The fourth-order valence-electron chi connectivity index (χ4n) is 2.50. The SMILES string of the molecule is O=C([C@H]1CCCO1)N(Cc1ccccn1)c1ccccc1. The Hall–Kier alpha value is -2.20. The van der Waals surface area contributed by atoms with Crippen LogP contribution < -0.4 is 4.90 Å². The summed E-state index contributed by atoms with van der Waals surface area (Å²) in [6, 6.07) is 15.4. The molecule has 1 saturated heterocycles. The van der Waals surface area contributed by atoms with Gasteiger partial charge in [-0.1, -0.05) is 24.3 Å². The van der Waals surface area contributed by atoms with Crippen LogP contribution in [0, 0.1) is 0 Å². The van der Waals surface area contributed by atoms with Crippen LogP contribution in [0.5, 0.6) is 0 Å². The van der Waals surface area contributed by atoms with Gasteiger partial charge in [0.25, 0.3) is 5.91 Å². The molecule has 2 aromatic rings. The Balaban J connectivity index is 1.85. The van der Waals surface area contributed by atoms with Gasteiger partial charge in [-0.25, -0.2) is 0 Å². The van der Waals surface area contributed by atoms with E-state index in [2.05, 4.69) is 4.98 Å². The van der Waals surface area contributed by atoms with Crippen molar-refractivity contribution in [3.63, 3.8) is 0 Å². The molecular weight excluding hydrogens is 264 g/mol. The number of hydrogen-bond donors (Lipinski definition) is 0. The molecule has 1 aliphatic heterocycles. The molecule has 4 nitrogen and oxygen atoms in total. The average Bonchev–Trinajstić information content (AvgIpc) is 3.08. The first-order valence-electron chi connectivity index (χ1n) is 7.22. The minimum absolute atomic E-state index is 0.0179. The third-order valence-electron chi connectivity index (χ3n) is 3.59. The molecule has 0 radical (unpaired) electrons. The molecule has 21 heavy (non-hydrogen) atoms. The molecular formula is C17H18N2O2. The highest BCUT2D eigenvalue weighted by atomic mass is 16.5. The summed E-state index contributed by atoms with van der Waals surface area (Å²) in [5.41, 5.74) is 1.75. The Labute approximate surface area is 124 Å². The molecule has 1 aromatic carbocycles. The number of aromatic nitrogens is 1. The molecule has 0 saturated carbocycles. The van der Waals surface area contributed by atoms with Crippen molar-refractivity contribution in [1.29, 1.82) is 0 Å². The molecule has 3 rings (SSSR count). The van der Waals surface area contributed by atoms with Crippen molar-refractivity contribution in [2.75, 3.05) is 11.5 Å². The van der Waals surface area contributed by atoms with E-state index in [-0.39, 0.29) is 12.0 Å². The van der Waals surface area contributed by atoms with Crippen molar-refractivity contribution in [2.45, 2.75) is 25.5 Å². The maximum absolute atomic E-state index is 12.7. The Morgan fingerprint density at radius 1 is 1.19 bits per heavy atom. The van der Waals surface area contributed by atoms with E-state index in [4.69, 9.17) is 4.74 Å². The van der Waals surface area contributed by atoms with Gasteiger partial charge in [-0.15, -0.1) is 0 Å². The van der Waals surface area contributed by atoms with E-state index < -0.39 is 0 Å². The van der Waals surface area contributed by atoms with Gasteiger partial charge in [0.1, 0.15) is 6.10 Å². The summed E-state index contributed by atoms with van der Waals surface area (Å²) in [5.74, 6) is 0.0179. The van der Waals surface area contributed by atoms with Crippen molar-refractivity contribution in [3.8, 4) is 0 Å². The van der Waals surface area contributed by atoms with Gasteiger partial charge in [-0.3, -0.25) is 9.78 Å². The highest BCUT2D eigenvalue weighted by molar-refractivity contribution is 5.96. The molecule has 1 atom stereocenters. The molecule has 4 heteroatoms. The van der Waals surface area contributed by atoms with Crippen LogP contribution in [0.1, 0.15) is 18.5 Å². The van der Waals surface area contributed by atoms with Crippen molar-refractivity contribution in [3.05, 3.63) is 60.4 Å². The van der Waals surface area contributed by atoms with E-state index in [1.165, 1.54) is 0 Å². The number of benzene rings is 1. The highest BCUT2D eigenvalue weighted by Crippen LogP contribution is 2.22. The minimum Gasteiger partial charge on any atom is -0.368 e. The third kappa shape index (κ3) is 3.28. The molecule has 1 aliphatic rings. The van der Waals surface area contributed by atoms with Gasteiger partial charge in [-0.05, 0) is 37.1 Å². The fourth-order valence-corrected chi connectivity index (χ4v) is 2.50. The molecule has 2 heterocycles. The first kappa shape index (κ1) is 13.8. The van der Waals surface area contributed by atoms with Gasteiger partial charge in [0, 0.05) is 18.5 Å². The average molecular weight is 282 g/mol. The molecule has 0 bridgehead atoms. The number of ether oxygens (including phenoxy) is 1. The molecule has 1 fully saturated rings. The molecule has 0 aliphatic carbocycles. The van der Waals surface area contributed by atoms with E-state index in [1.807, 2.05) is 48.5 Å². The lowest BCUT2D eigenvalue weighted by Gasteiger charge is -2.25. The Morgan fingerprint density at radius 2 is 2.00 bits per heavy atom. The number of para-hydroxylation sites is 1. The number of carbonyl (C=O) groups excluding carboxylic acids is 1. The van der Waals surface area contributed by atoms with Crippen LogP contribution in [0.25, 0.3) is 0 Å². The standard InChI is InChI=1S/C17H18N2O2/c20-17(16-10-6-12-21-16)19(15-8-2-1-3-9-15)13-14-7-4-5-11-18-14/h1-5,7-9,11,16H,6,10,12-13H2/t16-/m1/s1. The molecule has 0 spiro atoms. The number of anilines is 1. The van der Waals surface area contributed by atoms with E-state index in [1.54, 1.807) is 11.1 Å². The summed E-state index contributed by atoms with van der Waals surface area (Å²) in [5, 5.41) is 0. The molecule has 0 unspecified atom stereocenters. The summed E-state index contributed by atoms with van der Waals surface area (Å²) >= 11 is 0. The van der Waals surface area contributed by atoms with E-state index in [0.29, 0.717) is 13.2 Å².